The van der Waals surface area contributed by atoms with Crippen LogP contribution in [0, 0.1) is 0 Å². The van der Waals surface area contributed by atoms with Gasteiger partial charge >= 0.3 is 0 Å². The monoisotopic (exact) mass is 192 g/mol. The third-order valence-corrected chi connectivity index (χ3v) is 2.02. The molecule has 3 heteroatoms. The van der Waals surface area contributed by atoms with Gasteiger partial charge in [-0.15, -0.1) is 0 Å². The number of para-hydroxylation sites is 1. The summed E-state index contributed by atoms with van der Waals surface area (Å²) in [5.74, 6) is 0.113. The van der Waals surface area contributed by atoms with Crippen molar-refractivity contribution in [2.24, 2.45) is 5.73 Å². The van der Waals surface area contributed by atoms with Gasteiger partial charge in [-0.25, -0.2) is 0 Å². The fraction of sp³-hybridized carbons (Fsp3) is 0.364. The van der Waals surface area contributed by atoms with Gasteiger partial charge in [0.1, 0.15) is 0 Å². The van der Waals surface area contributed by atoms with Gasteiger partial charge in [-0.05, 0) is 12.1 Å². The molecule has 0 saturated carbocycles. The quantitative estimate of drug-likeness (QED) is 0.783. The summed E-state index contributed by atoms with van der Waals surface area (Å²) >= 11 is 0. The van der Waals surface area contributed by atoms with Gasteiger partial charge in [0.25, 0.3) is 0 Å². The first kappa shape index (κ1) is 10.7. The molecule has 0 aliphatic carbocycles. The first-order valence-electron chi connectivity index (χ1n) is 4.85. The summed E-state index contributed by atoms with van der Waals surface area (Å²) in [6, 6.07) is 9.61. The summed E-state index contributed by atoms with van der Waals surface area (Å²) < 4.78 is 0. The van der Waals surface area contributed by atoms with E-state index in [0.717, 1.165) is 5.69 Å². The molecule has 1 rings (SSSR count). The molecule has 0 aromatic heterocycles. The van der Waals surface area contributed by atoms with Gasteiger partial charge in [0.05, 0.1) is 0 Å². The predicted molar refractivity (Wildman–Crippen MR) is 58.1 cm³/mol. The highest BCUT2D eigenvalue weighted by Crippen LogP contribution is 2.13. The molecule has 2 N–H and O–H groups in total. The molecule has 0 bridgehead atoms. The minimum atomic E-state index is 0.113. The molecule has 3 nitrogen and oxygen atoms in total. The van der Waals surface area contributed by atoms with Crippen molar-refractivity contribution in [2.75, 3.05) is 18.0 Å². The van der Waals surface area contributed by atoms with Crippen LogP contribution in [-0.4, -0.2) is 19.0 Å². The van der Waals surface area contributed by atoms with Crippen LogP contribution in [0.25, 0.3) is 0 Å². The standard InChI is InChI=1S/C11H16N2O/c1-2-11(14)13(9-8-12)10-6-4-3-5-7-10/h3-7H,2,8-9,12H2,1H3. The number of carbonyl (C=O) groups is 1. The molecule has 1 aromatic rings. The summed E-state index contributed by atoms with van der Waals surface area (Å²) in [5.41, 5.74) is 6.39. The summed E-state index contributed by atoms with van der Waals surface area (Å²) in [4.78, 5) is 13.3. The number of rotatable bonds is 4. The molecule has 0 heterocycles. The zero-order chi connectivity index (χ0) is 10.4. The lowest BCUT2D eigenvalue weighted by atomic mass is 10.2. The summed E-state index contributed by atoms with van der Waals surface area (Å²) in [7, 11) is 0. The van der Waals surface area contributed by atoms with E-state index in [1.54, 1.807) is 4.90 Å². The van der Waals surface area contributed by atoms with Crippen LogP contribution in [-0.2, 0) is 4.79 Å². The Labute approximate surface area is 84.5 Å². The lowest BCUT2D eigenvalue weighted by Crippen LogP contribution is -2.34. The molecule has 1 amide bonds. The van der Waals surface area contributed by atoms with Gasteiger partial charge < -0.3 is 10.6 Å². The molecule has 0 spiro atoms. The second-order valence-electron chi connectivity index (χ2n) is 3.02. The maximum atomic E-state index is 11.6. The van der Waals surface area contributed by atoms with Gasteiger partial charge in [0.2, 0.25) is 5.91 Å². The summed E-state index contributed by atoms with van der Waals surface area (Å²) in [6.07, 6.45) is 0.509. The van der Waals surface area contributed by atoms with E-state index in [1.807, 2.05) is 37.3 Å². The minimum absolute atomic E-state index is 0.113. The molecule has 0 saturated heterocycles. The van der Waals surface area contributed by atoms with E-state index in [-0.39, 0.29) is 5.91 Å². The first-order chi connectivity index (χ1) is 6.79. The highest BCUT2D eigenvalue weighted by atomic mass is 16.2. The van der Waals surface area contributed by atoms with Crippen molar-refractivity contribution in [1.82, 2.24) is 0 Å². The Kier molecular flexibility index (Phi) is 4.13. The van der Waals surface area contributed by atoms with Crippen molar-refractivity contribution in [3.05, 3.63) is 30.3 Å². The van der Waals surface area contributed by atoms with Gasteiger partial charge in [-0.3, -0.25) is 4.79 Å². The molecule has 0 atom stereocenters. The Morgan fingerprint density at radius 2 is 2.00 bits per heavy atom. The Morgan fingerprint density at radius 3 is 2.50 bits per heavy atom. The largest absolute Gasteiger partial charge is 0.329 e. The SMILES string of the molecule is CCC(=O)N(CCN)c1ccccc1. The molecule has 0 radical (unpaired) electrons. The summed E-state index contributed by atoms with van der Waals surface area (Å²) in [5, 5.41) is 0. The fourth-order valence-corrected chi connectivity index (χ4v) is 1.33. The van der Waals surface area contributed by atoms with Crippen molar-refractivity contribution >= 4 is 11.6 Å². The van der Waals surface area contributed by atoms with Crippen molar-refractivity contribution in [2.45, 2.75) is 13.3 Å². The number of benzene rings is 1. The average molecular weight is 192 g/mol. The second-order valence-corrected chi connectivity index (χ2v) is 3.02. The summed E-state index contributed by atoms with van der Waals surface area (Å²) in [6.45, 7) is 2.92. The molecule has 0 fully saturated rings. The zero-order valence-corrected chi connectivity index (χ0v) is 8.44. The third-order valence-electron chi connectivity index (χ3n) is 2.02. The maximum Gasteiger partial charge on any atom is 0.226 e. The Hall–Kier alpha value is -1.35. The van der Waals surface area contributed by atoms with E-state index in [1.165, 1.54) is 0 Å². The second kappa shape index (κ2) is 5.40. The maximum absolute atomic E-state index is 11.6. The molecule has 0 aliphatic heterocycles. The number of nitrogens with zero attached hydrogens (tertiary/aromatic N) is 1. The normalized spacial score (nSPS) is 9.86. The Morgan fingerprint density at radius 1 is 1.36 bits per heavy atom. The van der Waals surface area contributed by atoms with E-state index in [4.69, 9.17) is 5.73 Å². The van der Waals surface area contributed by atoms with Gasteiger partial charge in [-0.2, -0.15) is 0 Å². The van der Waals surface area contributed by atoms with Crippen molar-refractivity contribution in [3.63, 3.8) is 0 Å². The zero-order valence-electron chi connectivity index (χ0n) is 8.44. The van der Waals surface area contributed by atoms with E-state index >= 15 is 0 Å². The Bertz CT molecular complexity index is 285. The molecular formula is C11H16N2O. The molecule has 1 aromatic carbocycles. The lowest BCUT2D eigenvalue weighted by molar-refractivity contribution is -0.118. The van der Waals surface area contributed by atoms with Crippen molar-refractivity contribution < 1.29 is 4.79 Å². The Balaban J connectivity index is 2.83. The topological polar surface area (TPSA) is 46.3 Å². The fourth-order valence-electron chi connectivity index (χ4n) is 1.33. The van der Waals surface area contributed by atoms with Crippen molar-refractivity contribution in [1.29, 1.82) is 0 Å². The number of carbonyl (C=O) groups excluding carboxylic acids is 1. The number of anilines is 1. The number of amides is 1. The first-order valence-corrected chi connectivity index (χ1v) is 4.85. The van der Waals surface area contributed by atoms with Crippen LogP contribution >= 0.6 is 0 Å². The van der Waals surface area contributed by atoms with E-state index in [0.29, 0.717) is 19.5 Å². The van der Waals surface area contributed by atoms with Gasteiger partial charge in [-0.1, -0.05) is 25.1 Å². The predicted octanol–water partition coefficient (Wildman–Crippen LogP) is 1.39. The van der Waals surface area contributed by atoms with Crippen molar-refractivity contribution in [3.8, 4) is 0 Å². The van der Waals surface area contributed by atoms with E-state index in [2.05, 4.69) is 0 Å². The van der Waals surface area contributed by atoms with Crippen LogP contribution in [0.15, 0.2) is 30.3 Å². The van der Waals surface area contributed by atoms with E-state index in [9.17, 15) is 4.79 Å². The highest BCUT2D eigenvalue weighted by Gasteiger charge is 2.11. The molecular weight excluding hydrogens is 176 g/mol. The molecule has 0 aliphatic rings. The number of hydrogen-bond donors (Lipinski definition) is 1. The van der Waals surface area contributed by atoms with E-state index < -0.39 is 0 Å². The minimum Gasteiger partial charge on any atom is -0.329 e. The van der Waals surface area contributed by atoms with Crippen LogP contribution in [0.5, 0.6) is 0 Å². The van der Waals surface area contributed by atoms with Crippen LogP contribution in [0.1, 0.15) is 13.3 Å². The van der Waals surface area contributed by atoms with Gasteiger partial charge in [0.15, 0.2) is 0 Å². The number of hydrogen-bond acceptors (Lipinski definition) is 2. The van der Waals surface area contributed by atoms with Crippen LogP contribution in [0.2, 0.25) is 0 Å². The smallest absolute Gasteiger partial charge is 0.226 e. The van der Waals surface area contributed by atoms with Gasteiger partial charge in [0, 0.05) is 25.2 Å². The van der Waals surface area contributed by atoms with Crippen LogP contribution in [0.4, 0.5) is 5.69 Å². The lowest BCUT2D eigenvalue weighted by Gasteiger charge is -2.21. The molecule has 76 valence electrons. The van der Waals surface area contributed by atoms with Crippen LogP contribution in [0.3, 0.4) is 0 Å². The third kappa shape index (κ3) is 2.57. The van der Waals surface area contributed by atoms with Crippen LogP contribution < -0.4 is 10.6 Å². The number of nitrogens with two attached hydrogens (primary N) is 1. The average Bonchev–Trinajstić information content (AvgIpc) is 2.26. The highest BCUT2D eigenvalue weighted by molar-refractivity contribution is 5.93. The molecule has 0 unspecified atom stereocenters. The molecule has 14 heavy (non-hydrogen) atoms.